The zero-order chi connectivity index (χ0) is 12.3. The molecule has 0 saturated carbocycles. The van der Waals surface area contributed by atoms with Crippen molar-refractivity contribution in [2.24, 2.45) is 0 Å². The van der Waals surface area contributed by atoms with E-state index in [0.29, 0.717) is 6.54 Å². The van der Waals surface area contributed by atoms with E-state index in [0.717, 1.165) is 25.2 Å². The Morgan fingerprint density at radius 1 is 1.41 bits per heavy atom. The molecular formula is C13H19N3O. The van der Waals surface area contributed by atoms with E-state index in [1.807, 2.05) is 25.1 Å². The molecule has 0 saturated heterocycles. The maximum absolute atomic E-state index is 11.6. The molecule has 0 radical (unpaired) electrons. The van der Waals surface area contributed by atoms with Gasteiger partial charge in [-0.2, -0.15) is 0 Å². The highest BCUT2D eigenvalue weighted by atomic mass is 16.2. The molecule has 0 aliphatic carbocycles. The SMILES string of the molecule is CN(C)CC(=O)Nc1ccc2c(c1)CNCC2. The smallest absolute Gasteiger partial charge is 0.238 e. The van der Waals surface area contributed by atoms with Crippen LogP contribution in [-0.2, 0) is 17.8 Å². The Morgan fingerprint density at radius 2 is 2.24 bits per heavy atom. The van der Waals surface area contributed by atoms with Gasteiger partial charge in [0.25, 0.3) is 0 Å². The van der Waals surface area contributed by atoms with Crippen molar-refractivity contribution >= 4 is 11.6 Å². The van der Waals surface area contributed by atoms with Crippen LogP contribution in [0, 0.1) is 0 Å². The lowest BCUT2D eigenvalue weighted by Gasteiger charge is -2.18. The van der Waals surface area contributed by atoms with Crippen molar-refractivity contribution in [3.8, 4) is 0 Å². The molecule has 0 spiro atoms. The van der Waals surface area contributed by atoms with Gasteiger partial charge >= 0.3 is 0 Å². The molecule has 0 fully saturated rings. The Morgan fingerprint density at radius 3 is 3.00 bits per heavy atom. The van der Waals surface area contributed by atoms with E-state index in [-0.39, 0.29) is 5.91 Å². The minimum atomic E-state index is 0.0266. The molecule has 2 N–H and O–H groups in total. The third-order valence-electron chi connectivity index (χ3n) is 2.84. The topological polar surface area (TPSA) is 44.4 Å². The first-order valence-electron chi connectivity index (χ1n) is 5.92. The fourth-order valence-electron chi connectivity index (χ4n) is 2.05. The lowest BCUT2D eigenvalue weighted by atomic mass is 10.0. The van der Waals surface area contributed by atoms with Gasteiger partial charge in [-0.05, 0) is 50.3 Å². The lowest BCUT2D eigenvalue weighted by molar-refractivity contribution is -0.116. The van der Waals surface area contributed by atoms with Crippen molar-refractivity contribution in [2.75, 3.05) is 32.5 Å². The van der Waals surface area contributed by atoms with Gasteiger partial charge < -0.3 is 15.5 Å². The minimum absolute atomic E-state index is 0.0266. The van der Waals surface area contributed by atoms with Crippen LogP contribution in [0.25, 0.3) is 0 Å². The maximum Gasteiger partial charge on any atom is 0.238 e. The molecule has 1 heterocycles. The van der Waals surface area contributed by atoms with Crippen LogP contribution in [0.4, 0.5) is 5.69 Å². The first kappa shape index (κ1) is 12.1. The number of carbonyl (C=O) groups is 1. The molecule has 1 aliphatic heterocycles. The van der Waals surface area contributed by atoms with E-state index in [1.54, 1.807) is 0 Å². The van der Waals surface area contributed by atoms with Crippen molar-refractivity contribution in [2.45, 2.75) is 13.0 Å². The molecule has 2 rings (SSSR count). The number of amides is 1. The second kappa shape index (κ2) is 5.29. The van der Waals surface area contributed by atoms with Crippen molar-refractivity contribution < 1.29 is 4.79 Å². The zero-order valence-electron chi connectivity index (χ0n) is 10.4. The average Bonchev–Trinajstić information content (AvgIpc) is 2.27. The summed E-state index contributed by atoms with van der Waals surface area (Å²) in [4.78, 5) is 13.5. The van der Waals surface area contributed by atoms with Crippen LogP contribution in [0.1, 0.15) is 11.1 Å². The Bertz CT molecular complexity index is 415. The summed E-state index contributed by atoms with van der Waals surface area (Å²) in [5.41, 5.74) is 3.56. The molecule has 1 amide bonds. The van der Waals surface area contributed by atoms with Gasteiger partial charge in [0.05, 0.1) is 6.54 Å². The molecule has 92 valence electrons. The van der Waals surface area contributed by atoms with Gasteiger partial charge in [-0.1, -0.05) is 6.07 Å². The van der Waals surface area contributed by atoms with E-state index in [9.17, 15) is 4.79 Å². The van der Waals surface area contributed by atoms with Crippen LogP contribution in [-0.4, -0.2) is 38.0 Å². The lowest BCUT2D eigenvalue weighted by Crippen LogP contribution is -2.27. The predicted molar refractivity (Wildman–Crippen MR) is 69.0 cm³/mol. The summed E-state index contributed by atoms with van der Waals surface area (Å²) in [6.45, 7) is 2.35. The van der Waals surface area contributed by atoms with E-state index in [2.05, 4.69) is 22.8 Å². The highest BCUT2D eigenvalue weighted by molar-refractivity contribution is 5.92. The van der Waals surface area contributed by atoms with Gasteiger partial charge in [0, 0.05) is 12.2 Å². The number of benzene rings is 1. The normalized spacial score (nSPS) is 14.5. The van der Waals surface area contributed by atoms with E-state index >= 15 is 0 Å². The average molecular weight is 233 g/mol. The molecule has 4 nitrogen and oxygen atoms in total. The minimum Gasteiger partial charge on any atom is -0.325 e. The van der Waals surface area contributed by atoms with Gasteiger partial charge in [-0.15, -0.1) is 0 Å². The molecule has 17 heavy (non-hydrogen) atoms. The Hall–Kier alpha value is -1.39. The summed E-state index contributed by atoms with van der Waals surface area (Å²) < 4.78 is 0. The van der Waals surface area contributed by atoms with Gasteiger partial charge in [-0.25, -0.2) is 0 Å². The number of anilines is 1. The summed E-state index contributed by atoms with van der Waals surface area (Å²) in [6, 6.07) is 6.16. The number of rotatable bonds is 3. The third-order valence-corrected chi connectivity index (χ3v) is 2.84. The summed E-state index contributed by atoms with van der Waals surface area (Å²) in [5.74, 6) is 0.0266. The number of likely N-dealkylation sites (N-methyl/N-ethyl adjacent to an activating group) is 1. The van der Waals surface area contributed by atoms with Crippen LogP contribution >= 0.6 is 0 Å². The number of carbonyl (C=O) groups excluding carboxylic acids is 1. The van der Waals surface area contributed by atoms with E-state index < -0.39 is 0 Å². The summed E-state index contributed by atoms with van der Waals surface area (Å²) in [6.07, 6.45) is 1.07. The second-order valence-corrected chi connectivity index (χ2v) is 4.70. The summed E-state index contributed by atoms with van der Waals surface area (Å²) in [5, 5.41) is 6.25. The highest BCUT2D eigenvalue weighted by Crippen LogP contribution is 2.18. The van der Waals surface area contributed by atoms with Crippen LogP contribution in [0.2, 0.25) is 0 Å². The zero-order valence-corrected chi connectivity index (χ0v) is 10.4. The maximum atomic E-state index is 11.6. The van der Waals surface area contributed by atoms with Crippen molar-refractivity contribution in [3.05, 3.63) is 29.3 Å². The Balaban J connectivity index is 2.04. The summed E-state index contributed by atoms with van der Waals surface area (Å²) in [7, 11) is 3.77. The molecular weight excluding hydrogens is 214 g/mol. The number of hydrogen-bond acceptors (Lipinski definition) is 3. The van der Waals surface area contributed by atoms with Crippen molar-refractivity contribution in [3.63, 3.8) is 0 Å². The standard InChI is InChI=1S/C13H19N3O/c1-16(2)9-13(17)15-12-4-3-10-5-6-14-8-11(10)7-12/h3-4,7,14H,5-6,8-9H2,1-2H3,(H,15,17). The van der Waals surface area contributed by atoms with E-state index in [1.165, 1.54) is 11.1 Å². The van der Waals surface area contributed by atoms with Gasteiger partial charge in [0.15, 0.2) is 0 Å². The number of nitrogens with zero attached hydrogens (tertiary/aromatic N) is 1. The quantitative estimate of drug-likeness (QED) is 0.813. The van der Waals surface area contributed by atoms with Gasteiger partial charge in [0.1, 0.15) is 0 Å². The first-order valence-corrected chi connectivity index (χ1v) is 5.92. The second-order valence-electron chi connectivity index (χ2n) is 4.70. The van der Waals surface area contributed by atoms with E-state index in [4.69, 9.17) is 0 Å². The predicted octanol–water partition coefficient (Wildman–Crippen LogP) is 0.832. The molecule has 0 unspecified atom stereocenters. The molecule has 1 aliphatic rings. The van der Waals surface area contributed by atoms with Crippen molar-refractivity contribution in [1.82, 2.24) is 10.2 Å². The number of fused-ring (bicyclic) bond motifs is 1. The third kappa shape index (κ3) is 3.28. The van der Waals surface area contributed by atoms with Crippen LogP contribution < -0.4 is 10.6 Å². The molecule has 1 aromatic rings. The number of hydrogen-bond donors (Lipinski definition) is 2. The van der Waals surface area contributed by atoms with Crippen LogP contribution in [0.3, 0.4) is 0 Å². The van der Waals surface area contributed by atoms with Crippen LogP contribution in [0.5, 0.6) is 0 Å². The Labute approximate surface area is 102 Å². The number of nitrogens with one attached hydrogen (secondary N) is 2. The first-order chi connectivity index (χ1) is 8.15. The fourth-order valence-corrected chi connectivity index (χ4v) is 2.05. The summed E-state index contributed by atoms with van der Waals surface area (Å²) >= 11 is 0. The molecule has 0 atom stereocenters. The van der Waals surface area contributed by atoms with Gasteiger partial charge in [-0.3, -0.25) is 4.79 Å². The molecule has 0 bridgehead atoms. The van der Waals surface area contributed by atoms with Crippen molar-refractivity contribution in [1.29, 1.82) is 0 Å². The highest BCUT2D eigenvalue weighted by Gasteiger charge is 2.10. The van der Waals surface area contributed by atoms with Gasteiger partial charge in [0.2, 0.25) is 5.91 Å². The molecule has 0 aromatic heterocycles. The van der Waals surface area contributed by atoms with Crippen LogP contribution in [0.15, 0.2) is 18.2 Å². The molecule has 4 heteroatoms. The largest absolute Gasteiger partial charge is 0.325 e. The fraction of sp³-hybridized carbons (Fsp3) is 0.462. The Kier molecular flexibility index (Phi) is 3.76. The monoisotopic (exact) mass is 233 g/mol. The molecule has 1 aromatic carbocycles.